The van der Waals surface area contributed by atoms with E-state index in [9.17, 15) is 0 Å². The first-order valence-electron chi connectivity index (χ1n) is 6.69. The second-order valence-electron chi connectivity index (χ2n) is 6.10. The molecule has 0 bridgehead atoms. The van der Waals surface area contributed by atoms with Gasteiger partial charge in [0, 0.05) is 0 Å². The molecule has 0 spiro atoms. The largest absolute Gasteiger partial charge is 0.0651 e. The summed E-state index contributed by atoms with van der Waals surface area (Å²) in [7, 11) is 0. The van der Waals surface area contributed by atoms with Gasteiger partial charge in [0.1, 0.15) is 0 Å². The van der Waals surface area contributed by atoms with Crippen LogP contribution in [0.25, 0.3) is 0 Å². The maximum atomic E-state index is 2.41. The smallest absolute Gasteiger partial charge is 0.0238 e. The third kappa shape index (κ3) is 1.73. The summed E-state index contributed by atoms with van der Waals surface area (Å²) in [6.45, 7) is 7.14. The van der Waals surface area contributed by atoms with Gasteiger partial charge in [0.05, 0.1) is 0 Å². The topological polar surface area (TPSA) is 0 Å². The average Bonchev–Trinajstić information content (AvgIpc) is 2.70. The highest BCUT2D eigenvalue weighted by Crippen LogP contribution is 2.69. The Kier molecular flexibility index (Phi) is 2.91. The molecule has 2 fully saturated rings. The molecular formula is C14H26. The Morgan fingerprint density at radius 2 is 2.07 bits per heavy atom. The van der Waals surface area contributed by atoms with Crippen molar-refractivity contribution in [3.8, 4) is 0 Å². The highest BCUT2D eigenvalue weighted by atomic mass is 14.6. The fourth-order valence-corrected chi connectivity index (χ4v) is 3.91. The van der Waals surface area contributed by atoms with Gasteiger partial charge in [-0.25, -0.2) is 0 Å². The van der Waals surface area contributed by atoms with E-state index in [0.717, 1.165) is 23.2 Å². The molecule has 0 saturated heterocycles. The Morgan fingerprint density at radius 1 is 1.29 bits per heavy atom. The zero-order valence-corrected chi connectivity index (χ0v) is 10.2. The summed E-state index contributed by atoms with van der Waals surface area (Å²) in [4.78, 5) is 0. The van der Waals surface area contributed by atoms with E-state index >= 15 is 0 Å². The zero-order chi connectivity index (χ0) is 10.2. The van der Waals surface area contributed by atoms with Gasteiger partial charge in [-0.15, -0.1) is 0 Å². The molecule has 0 aromatic rings. The minimum absolute atomic E-state index is 0.865. The maximum Gasteiger partial charge on any atom is -0.0238 e. The minimum atomic E-state index is 0.865. The molecule has 2 saturated carbocycles. The van der Waals surface area contributed by atoms with E-state index < -0.39 is 0 Å². The normalized spacial score (nSPS) is 37.3. The Labute approximate surface area is 89.5 Å². The van der Waals surface area contributed by atoms with Crippen molar-refractivity contribution in [2.24, 2.45) is 23.2 Å². The molecular weight excluding hydrogens is 168 g/mol. The molecule has 0 aromatic heterocycles. The summed E-state index contributed by atoms with van der Waals surface area (Å²) >= 11 is 0. The van der Waals surface area contributed by atoms with E-state index in [1.165, 1.54) is 25.7 Å². The molecule has 82 valence electrons. The van der Waals surface area contributed by atoms with Crippen LogP contribution in [-0.4, -0.2) is 0 Å². The molecule has 2 aliphatic rings. The third-order valence-corrected chi connectivity index (χ3v) is 4.87. The van der Waals surface area contributed by atoms with Crippen LogP contribution in [0, 0.1) is 23.2 Å². The van der Waals surface area contributed by atoms with E-state index in [1.807, 2.05) is 0 Å². The van der Waals surface area contributed by atoms with Crippen LogP contribution in [0.2, 0.25) is 0 Å². The van der Waals surface area contributed by atoms with Gasteiger partial charge in [-0.2, -0.15) is 0 Å². The molecule has 0 aliphatic heterocycles. The molecule has 14 heavy (non-hydrogen) atoms. The monoisotopic (exact) mass is 194 g/mol. The average molecular weight is 194 g/mol. The minimum Gasteiger partial charge on any atom is -0.0651 e. The second-order valence-corrected chi connectivity index (χ2v) is 6.10. The summed E-state index contributed by atoms with van der Waals surface area (Å²) in [5.74, 6) is 3.12. The SMILES string of the molecule is CCC(CCC(C)C)C12CCCC1C2. The van der Waals surface area contributed by atoms with Crippen LogP contribution in [0.1, 0.15) is 65.7 Å². The Balaban J connectivity index is 1.87. The van der Waals surface area contributed by atoms with Crippen LogP contribution in [0.3, 0.4) is 0 Å². The highest BCUT2D eigenvalue weighted by Gasteiger charge is 2.59. The van der Waals surface area contributed by atoms with E-state index in [1.54, 1.807) is 19.3 Å². The van der Waals surface area contributed by atoms with Crippen LogP contribution < -0.4 is 0 Å². The zero-order valence-electron chi connectivity index (χ0n) is 10.2. The number of hydrogen-bond acceptors (Lipinski definition) is 0. The van der Waals surface area contributed by atoms with Gasteiger partial charge >= 0.3 is 0 Å². The molecule has 0 amide bonds. The molecule has 0 N–H and O–H groups in total. The van der Waals surface area contributed by atoms with Gasteiger partial charge in [-0.3, -0.25) is 0 Å². The van der Waals surface area contributed by atoms with Crippen molar-refractivity contribution in [3.63, 3.8) is 0 Å². The molecule has 0 heterocycles. The van der Waals surface area contributed by atoms with Crippen LogP contribution in [0.15, 0.2) is 0 Å². The number of rotatable bonds is 5. The molecule has 2 rings (SSSR count). The lowest BCUT2D eigenvalue weighted by molar-refractivity contribution is 0.251. The summed E-state index contributed by atoms with van der Waals surface area (Å²) in [6.07, 6.45) is 10.6. The quantitative estimate of drug-likeness (QED) is 0.598. The van der Waals surface area contributed by atoms with E-state index in [4.69, 9.17) is 0 Å². The van der Waals surface area contributed by atoms with Crippen LogP contribution in [-0.2, 0) is 0 Å². The fourth-order valence-electron chi connectivity index (χ4n) is 3.91. The number of hydrogen-bond donors (Lipinski definition) is 0. The molecule has 0 aromatic carbocycles. The van der Waals surface area contributed by atoms with Gasteiger partial charge in [-0.05, 0) is 48.9 Å². The van der Waals surface area contributed by atoms with Crippen LogP contribution in [0.4, 0.5) is 0 Å². The Hall–Kier alpha value is 0. The number of fused-ring (bicyclic) bond motifs is 1. The highest BCUT2D eigenvalue weighted by molar-refractivity contribution is 5.09. The maximum absolute atomic E-state index is 2.41. The first-order chi connectivity index (χ1) is 6.69. The lowest BCUT2D eigenvalue weighted by Crippen LogP contribution is -2.15. The predicted octanol–water partition coefficient (Wildman–Crippen LogP) is 4.64. The molecule has 2 aliphatic carbocycles. The second kappa shape index (κ2) is 3.87. The first kappa shape index (κ1) is 10.5. The third-order valence-electron chi connectivity index (χ3n) is 4.87. The Morgan fingerprint density at radius 3 is 2.50 bits per heavy atom. The van der Waals surface area contributed by atoms with Gasteiger partial charge in [0.2, 0.25) is 0 Å². The van der Waals surface area contributed by atoms with Crippen molar-refractivity contribution in [2.75, 3.05) is 0 Å². The van der Waals surface area contributed by atoms with Crippen LogP contribution >= 0.6 is 0 Å². The standard InChI is InChI=1S/C14H26/c1-4-12(8-7-11(2)3)14-9-5-6-13(14)10-14/h11-13H,4-10H2,1-3H3. The van der Waals surface area contributed by atoms with Gasteiger partial charge < -0.3 is 0 Å². The van der Waals surface area contributed by atoms with Crippen LogP contribution in [0.5, 0.6) is 0 Å². The summed E-state index contributed by atoms with van der Waals surface area (Å²) < 4.78 is 0. The first-order valence-corrected chi connectivity index (χ1v) is 6.69. The molecule has 0 nitrogen and oxygen atoms in total. The van der Waals surface area contributed by atoms with Gasteiger partial charge in [-0.1, -0.05) is 40.0 Å². The predicted molar refractivity (Wildman–Crippen MR) is 62.2 cm³/mol. The molecule has 0 heteroatoms. The summed E-state index contributed by atoms with van der Waals surface area (Å²) in [5, 5.41) is 0. The molecule has 3 unspecified atom stereocenters. The van der Waals surface area contributed by atoms with Crippen molar-refractivity contribution in [1.29, 1.82) is 0 Å². The van der Waals surface area contributed by atoms with Crippen molar-refractivity contribution in [3.05, 3.63) is 0 Å². The molecule has 3 atom stereocenters. The van der Waals surface area contributed by atoms with Crippen molar-refractivity contribution in [2.45, 2.75) is 65.7 Å². The van der Waals surface area contributed by atoms with E-state index in [0.29, 0.717) is 0 Å². The van der Waals surface area contributed by atoms with E-state index in [2.05, 4.69) is 20.8 Å². The molecule has 0 radical (unpaired) electrons. The van der Waals surface area contributed by atoms with Crippen molar-refractivity contribution >= 4 is 0 Å². The van der Waals surface area contributed by atoms with Crippen molar-refractivity contribution in [1.82, 2.24) is 0 Å². The Bertz CT molecular complexity index is 194. The lowest BCUT2D eigenvalue weighted by Gasteiger charge is -2.25. The van der Waals surface area contributed by atoms with Gasteiger partial charge in [0.25, 0.3) is 0 Å². The lowest BCUT2D eigenvalue weighted by atomic mass is 9.80. The summed E-state index contributed by atoms with van der Waals surface area (Å²) in [6, 6.07) is 0. The fraction of sp³-hybridized carbons (Fsp3) is 1.00. The van der Waals surface area contributed by atoms with Gasteiger partial charge in [0.15, 0.2) is 0 Å². The summed E-state index contributed by atoms with van der Waals surface area (Å²) in [5.41, 5.74) is 0.865. The van der Waals surface area contributed by atoms with Crippen molar-refractivity contribution < 1.29 is 0 Å². The van der Waals surface area contributed by atoms with E-state index in [-0.39, 0.29) is 0 Å².